The minimum Gasteiger partial charge on any atom is -0.744 e. The molecule has 132 valence electrons. The summed E-state index contributed by atoms with van der Waals surface area (Å²) in [6.07, 6.45) is 2.50. The summed E-state index contributed by atoms with van der Waals surface area (Å²) < 4.78 is 31.8. The van der Waals surface area contributed by atoms with Crippen molar-refractivity contribution >= 4 is 16.1 Å². The van der Waals surface area contributed by atoms with Crippen LogP contribution in [0.1, 0.15) is 19.3 Å². The maximum absolute atomic E-state index is 10.4. The smallest absolute Gasteiger partial charge is 0.320 e. The number of aliphatic carboxylic acids is 1. The molecular weight excluding hydrogens is 320 g/mol. The lowest BCUT2D eigenvalue weighted by atomic mass is 10.1. The molecule has 1 unspecified atom stereocenters. The number of unbranched alkanes of at least 4 members (excludes halogenated alkanes) is 1. The van der Waals surface area contributed by atoms with E-state index in [2.05, 4.69) is 21.1 Å². The SMILES string of the molecule is C[N+](C)(C)CCCCC(N)C(=O)O.O=S(=O)([O-])c1ccccc1. The van der Waals surface area contributed by atoms with E-state index in [4.69, 9.17) is 10.8 Å². The molecule has 0 aliphatic carbocycles. The highest BCUT2D eigenvalue weighted by Crippen LogP contribution is 2.05. The van der Waals surface area contributed by atoms with Gasteiger partial charge in [-0.2, -0.15) is 0 Å². The predicted octanol–water partition coefficient (Wildman–Crippen LogP) is 0.866. The topological polar surface area (TPSA) is 121 Å². The van der Waals surface area contributed by atoms with Gasteiger partial charge in [-0.25, -0.2) is 8.42 Å². The average molecular weight is 346 g/mol. The molecule has 1 aromatic rings. The van der Waals surface area contributed by atoms with E-state index in [9.17, 15) is 17.8 Å². The lowest BCUT2D eigenvalue weighted by Crippen LogP contribution is -2.35. The second-order valence-corrected chi connectivity index (χ2v) is 7.60. The van der Waals surface area contributed by atoms with Crippen LogP contribution < -0.4 is 5.73 Å². The molecule has 1 atom stereocenters. The normalized spacial score (nSPS) is 12.9. The summed E-state index contributed by atoms with van der Waals surface area (Å²) in [5.41, 5.74) is 5.36. The molecule has 0 aliphatic rings. The highest BCUT2D eigenvalue weighted by Gasteiger charge is 2.12. The molecule has 3 N–H and O–H groups in total. The lowest BCUT2D eigenvalue weighted by molar-refractivity contribution is -0.870. The third-order valence-corrected chi connectivity index (χ3v) is 3.79. The minimum absolute atomic E-state index is 0.185. The third kappa shape index (κ3) is 11.7. The largest absolute Gasteiger partial charge is 0.744 e. The number of rotatable bonds is 7. The number of carboxylic acids is 1. The van der Waals surface area contributed by atoms with Gasteiger partial charge in [-0.1, -0.05) is 18.2 Å². The third-order valence-electron chi connectivity index (χ3n) is 2.94. The van der Waals surface area contributed by atoms with Gasteiger partial charge in [0.05, 0.1) is 32.6 Å². The van der Waals surface area contributed by atoms with E-state index < -0.39 is 22.1 Å². The first-order valence-electron chi connectivity index (χ1n) is 7.23. The summed E-state index contributed by atoms with van der Waals surface area (Å²) in [4.78, 5) is 10.2. The molecule has 23 heavy (non-hydrogen) atoms. The van der Waals surface area contributed by atoms with Gasteiger partial charge in [-0.05, 0) is 31.4 Å². The van der Waals surface area contributed by atoms with Crippen molar-refractivity contribution in [2.45, 2.75) is 30.2 Å². The lowest BCUT2D eigenvalue weighted by Gasteiger charge is -2.23. The second kappa shape index (κ2) is 9.61. The molecule has 0 spiro atoms. The minimum atomic E-state index is -4.25. The molecule has 0 fully saturated rings. The standard InChI is InChI=1S/C9H20N2O2.C6H6O3S/c1-11(2,3)7-5-4-6-8(10)9(12)13;7-10(8,9)6-4-2-1-3-5-6/h8H,4-7,10H2,1-3H3;1-5H,(H,7,8,9). The first-order valence-corrected chi connectivity index (χ1v) is 8.64. The number of hydrogen-bond acceptors (Lipinski definition) is 5. The van der Waals surface area contributed by atoms with Gasteiger partial charge >= 0.3 is 5.97 Å². The Morgan fingerprint density at radius 2 is 1.74 bits per heavy atom. The Morgan fingerprint density at radius 3 is 2.09 bits per heavy atom. The van der Waals surface area contributed by atoms with E-state index in [1.807, 2.05) is 0 Å². The Morgan fingerprint density at radius 1 is 1.22 bits per heavy atom. The van der Waals surface area contributed by atoms with Crippen molar-refractivity contribution in [2.75, 3.05) is 27.7 Å². The van der Waals surface area contributed by atoms with E-state index in [-0.39, 0.29) is 4.90 Å². The molecular formula is C15H26N2O5S. The van der Waals surface area contributed by atoms with Crippen molar-refractivity contribution in [1.82, 2.24) is 0 Å². The van der Waals surface area contributed by atoms with Crippen LogP contribution in [0.15, 0.2) is 35.2 Å². The average Bonchev–Trinajstić information content (AvgIpc) is 2.43. The first kappa shape index (κ1) is 21.5. The van der Waals surface area contributed by atoms with Crippen LogP contribution >= 0.6 is 0 Å². The molecule has 0 aromatic heterocycles. The van der Waals surface area contributed by atoms with Gasteiger partial charge in [0, 0.05) is 0 Å². The maximum atomic E-state index is 10.4. The Bertz CT molecular complexity index is 567. The number of nitrogens with zero attached hydrogens (tertiary/aromatic N) is 1. The van der Waals surface area contributed by atoms with Crippen LogP contribution in [0.4, 0.5) is 0 Å². The number of carbonyl (C=O) groups is 1. The maximum Gasteiger partial charge on any atom is 0.320 e. The van der Waals surface area contributed by atoms with Crippen molar-refractivity contribution in [2.24, 2.45) is 5.73 Å². The Labute approximate surface area is 138 Å². The zero-order chi connectivity index (χ0) is 18.1. The van der Waals surface area contributed by atoms with Crippen LogP contribution in [0.25, 0.3) is 0 Å². The summed E-state index contributed by atoms with van der Waals surface area (Å²) in [5.74, 6) is -0.898. The molecule has 0 radical (unpaired) electrons. The Balaban J connectivity index is 0.000000433. The number of hydrogen-bond donors (Lipinski definition) is 2. The zero-order valence-electron chi connectivity index (χ0n) is 13.8. The van der Waals surface area contributed by atoms with Crippen molar-refractivity contribution in [3.8, 4) is 0 Å². The van der Waals surface area contributed by atoms with Crippen LogP contribution in [0.3, 0.4) is 0 Å². The molecule has 0 saturated carbocycles. The Kier molecular flexibility index (Phi) is 8.99. The number of nitrogens with two attached hydrogens (primary N) is 1. The molecule has 1 rings (SSSR count). The molecule has 0 heterocycles. The van der Waals surface area contributed by atoms with Gasteiger partial charge in [0.2, 0.25) is 0 Å². The first-order chi connectivity index (χ1) is 10.4. The van der Waals surface area contributed by atoms with E-state index in [1.165, 1.54) is 24.3 Å². The molecule has 0 amide bonds. The van der Waals surface area contributed by atoms with Crippen molar-refractivity contribution in [3.63, 3.8) is 0 Å². The quantitative estimate of drug-likeness (QED) is 0.429. The highest BCUT2D eigenvalue weighted by molar-refractivity contribution is 7.85. The fraction of sp³-hybridized carbons (Fsp3) is 0.533. The van der Waals surface area contributed by atoms with Gasteiger partial charge in [0.1, 0.15) is 16.2 Å². The summed E-state index contributed by atoms with van der Waals surface area (Å²) in [5, 5.41) is 8.51. The summed E-state index contributed by atoms with van der Waals surface area (Å²) in [7, 11) is 2.11. The molecule has 7 nitrogen and oxygen atoms in total. The van der Waals surface area contributed by atoms with E-state index in [1.54, 1.807) is 6.07 Å². The monoisotopic (exact) mass is 346 g/mol. The van der Waals surface area contributed by atoms with Crippen LogP contribution in [0.2, 0.25) is 0 Å². The van der Waals surface area contributed by atoms with Crippen molar-refractivity contribution in [3.05, 3.63) is 30.3 Å². The molecule has 0 bridgehead atoms. The predicted molar refractivity (Wildman–Crippen MR) is 86.8 cm³/mol. The van der Waals surface area contributed by atoms with Crippen molar-refractivity contribution < 1.29 is 27.4 Å². The molecule has 0 saturated heterocycles. The molecule has 1 aromatic carbocycles. The van der Waals surface area contributed by atoms with E-state index in [0.717, 1.165) is 23.9 Å². The number of benzene rings is 1. The van der Waals surface area contributed by atoms with Gasteiger partial charge < -0.3 is 19.9 Å². The van der Waals surface area contributed by atoms with Gasteiger partial charge in [0.15, 0.2) is 0 Å². The van der Waals surface area contributed by atoms with Gasteiger partial charge in [-0.15, -0.1) is 0 Å². The molecule has 8 heteroatoms. The van der Waals surface area contributed by atoms with E-state index in [0.29, 0.717) is 6.42 Å². The van der Waals surface area contributed by atoms with Gasteiger partial charge in [0.25, 0.3) is 0 Å². The summed E-state index contributed by atoms with van der Waals surface area (Å²) in [6, 6.07) is 6.50. The number of quaternary nitrogens is 1. The molecule has 0 aliphatic heterocycles. The van der Waals surface area contributed by atoms with E-state index >= 15 is 0 Å². The fourth-order valence-corrected chi connectivity index (χ4v) is 2.15. The van der Waals surface area contributed by atoms with Crippen LogP contribution in [-0.4, -0.2) is 62.3 Å². The second-order valence-electron chi connectivity index (χ2n) is 6.22. The summed E-state index contributed by atoms with van der Waals surface area (Å²) >= 11 is 0. The van der Waals surface area contributed by atoms with Crippen LogP contribution in [0, 0.1) is 0 Å². The Hall–Kier alpha value is -1.48. The van der Waals surface area contributed by atoms with Crippen LogP contribution in [-0.2, 0) is 14.9 Å². The zero-order valence-corrected chi connectivity index (χ0v) is 14.6. The van der Waals surface area contributed by atoms with Crippen molar-refractivity contribution in [1.29, 1.82) is 0 Å². The highest BCUT2D eigenvalue weighted by atomic mass is 32.2. The summed E-state index contributed by atoms with van der Waals surface area (Å²) in [6.45, 7) is 1.06. The fourth-order valence-electron chi connectivity index (χ4n) is 1.66. The van der Waals surface area contributed by atoms with Crippen LogP contribution in [0.5, 0.6) is 0 Å². The number of carboxylic acid groups (broad SMARTS) is 1. The van der Waals surface area contributed by atoms with Gasteiger partial charge in [-0.3, -0.25) is 4.79 Å².